The van der Waals surface area contributed by atoms with Gasteiger partial charge in [-0.05, 0) is 37.3 Å². The van der Waals surface area contributed by atoms with Crippen LogP contribution in [0.2, 0.25) is 0 Å². The van der Waals surface area contributed by atoms with Crippen LogP contribution in [0.15, 0.2) is 29.3 Å². The summed E-state index contributed by atoms with van der Waals surface area (Å²) in [7, 11) is 0. The third-order valence-corrected chi connectivity index (χ3v) is 6.58. The number of carbonyl (C=O) groups is 1. The van der Waals surface area contributed by atoms with Crippen LogP contribution in [0.25, 0.3) is 0 Å². The summed E-state index contributed by atoms with van der Waals surface area (Å²) >= 11 is 0. The molecule has 1 amide bonds. The topological polar surface area (TPSA) is 51.2 Å². The number of guanidine groups is 1. The Bertz CT molecular complexity index is 728. The van der Waals surface area contributed by atoms with Gasteiger partial charge in [0.05, 0.1) is 6.54 Å². The lowest BCUT2D eigenvalue weighted by atomic mass is 9.84. The monoisotopic (exact) mass is 525 g/mol. The van der Waals surface area contributed by atoms with Crippen LogP contribution in [0.1, 0.15) is 37.3 Å². The molecule has 1 aromatic carbocycles. The molecule has 4 rings (SSSR count). The molecule has 6 nitrogen and oxygen atoms in total. The molecular formula is C23H36IN5O. The number of rotatable bonds is 5. The molecule has 1 saturated heterocycles. The second-order valence-electron chi connectivity index (χ2n) is 8.47. The Morgan fingerprint density at radius 2 is 1.80 bits per heavy atom. The van der Waals surface area contributed by atoms with Crippen molar-refractivity contribution >= 4 is 35.8 Å². The second-order valence-corrected chi connectivity index (χ2v) is 8.47. The average molecular weight is 525 g/mol. The zero-order valence-corrected chi connectivity index (χ0v) is 20.5. The Hall–Kier alpha value is -1.35. The Kier molecular flexibility index (Phi) is 8.80. The van der Waals surface area contributed by atoms with E-state index in [2.05, 4.69) is 51.2 Å². The lowest BCUT2D eigenvalue weighted by Gasteiger charge is -2.38. The largest absolute Gasteiger partial charge is 0.357 e. The van der Waals surface area contributed by atoms with E-state index in [-0.39, 0.29) is 24.0 Å². The molecule has 2 aliphatic heterocycles. The van der Waals surface area contributed by atoms with Gasteiger partial charge in [-0.1, -0.05) is 30.7 Å². The van der Waals surface area contributed by atoms with Gasteiger partial charge in [0.2, 0.25) is 5.91 Å². The molecule has 1 N–H and O–H groups in total. The van der Waals surface area contributed by atoms with Crippen LogP contribution in [0, 0.1) is 5.92 Å². The molecular weight excluding hydrogens is 489 g/mol. The highest BCUT2D eigenvalue weighted by molar-refractivity contribution is 14.0. The number of nitrogens with one attached hydrogen (secondary N) is 1. The van der Waals surface area contributed by atoms with Gasteiger partial charge >= 0.3 is 0 Å². The van der Waals surface area contributed by atoms with Crippen molar-refractivity contribution in [2.45, 2.75) is 39.2 Å². The number of nitrogens with zero attached hydrogens (tertiary/aromatic N) is 4. The molecule has 0 spiro atoms. The molecule has 166 valence electrons. The molecule has 3 aliphatic rings. The maximum absolute atomic E-state index is 12.4. The lowest BCUT2D eigenvalue weighted by Crippen LogP contribution is -2.51. The van der Waals surface area contributed by atoms with Crippen molar-refractivity contribution in [2.75, 3.05) is 52.4 Å². The van der Waals surface area contributed by atoms with Gasteiger partial charge in [-0.3, -0.25) is 14.7 Å². The number of aliphatic imine (C=N–C) groups is 1. The Labute approximate surface area is 198 Å². The summed E-state index contributed by atoms with van der Waals surface area (Å²) in [5, 5.41) is 3.47. The van der Waals surface area contributed by atoms with E-state index in [0.717, 1.165) is 84.1 Å². The van der Waals surface area contributed by atoms with Crippen LogP contribution in [-0.2, 0) is 17.8 Å². The molecule has 1 aliphatic carbocycles. The van der Waals surface area contributed by atoms with Crippen molar-refractivity contribution < 1.29 is 4.79 Å². The van der Waals surface area contributed by atoms with E-state index >= 15 is 0 Å². The average Bonchev–Trinajstić information content (AvgIpc) is 2.72. The number of halogens is 1. The van der Waals surface area contributed by atoms with Gasteiger partial charge in [-0.25, -0.2) is 0 Å². The highest BCUT2D eigenvalue weighted by Crippen LogP contribution is 2.28. The van der Waals surface area contributed by atoms with Crippen LogP contribution in [-0.4, -0.2) is 78.9 Å². The minimum absolute atomic E-state index is 0. The fourth-order valence-corrected chi connectivity index (χ4v) is 4.50. The summed E-state index contributed by atoms with van der Waals surface area (Å²) in [5.74, 6) is 1.75. The van der Waals surface area contributed by atoms with E-state index in [1.807, 2.05) is 0 Å². The molecule has 0 atom stereocenters. The van der Waals surface area contributed by atoms with E-state index < -0.39 is 0 Å². The third-order valence-electron chi connectivity index (χ3n) is 6.58. The minimum atomic E-state index is 0. The molecule has 2 fully saturated rings. The van der Waals surface area contributed by atoms with Crippen LogP contribution in [0.4, 0.5) is 0 Å². The molecule has 0 bridgehead atoms. The Morgan fingerprint density at radius 1 is 1.07 bits per heavy atom. The number of carbonyl (C=O) groups excluding carboxylic acids is 1. The maximum Gasteiger partial charge on any atom is 0.225 e. The van der Waals surface area contributed by atoms with Crippen LogP contribution in [0.3, 0.4) is 0 Å². The summed E-state index contributed by atoms with van der Waals surface area (Å²) in [6.07, 6.45) is 4.51. The first-order chi connectivity index (χ1) is 14.2. The summed E-state index contributed by atoms with van der Waals surface area (Å²) in [6.45, 7) is 10.4. The summed E-state index contributed by atoms with van der Waals surface area (Å²) < 4.78 is 0. The van der Waals surface area contributed by atoms with Gasteiger partial charge in [0.25, 0.3) is 0 Å². The number of hydrogen-bond donors (Lipinski definition) is 1. The van der Waals surface area contributed by atoms with Crippen LogP contribution >= 0.6 is 24.0 Å². The van der Waals surface area contributed by atoms with E-state index in [4.69, 9.17) is 4.99 Å². The smallest absolute Gasteiger partial charge is 0.225 e. The standard InChI is InChI=1S/C23H35N5O.HI/c1-2-24-23(28-12-10-19-6-3-4-7-21(19)18-28)25-11-13-26-14-16-27(17-15-26)22(29)20-8-5-9-20;/h3-4,6-7,20H,2,5,8-18H2,1H3,(H,24,25);1H. The summed E-state index contributed by atoms with van der Waals surface area (Å²) in [4.78, 5) is 24.2. The van der Waals surface area contributed by atoms with E-state index in [9.17, 15) is 4.79 Å². The number of hydrogen-bond acceptors (Lipinski definition) is 3. The van der Waals surface area contributed by atoms with Crippen molar-refractivity contribution in [1.29, 1.82) is 0 Å². The van der Waals surface area contributed by atoms with Crippen molar-refractivity contribution in [2.24, 2.45) is 10.9 Å². The number of amides is 1. The highest BCUT2D eigenvalue weighted by Gasteiger charge is 2.31. The number of piperazine rings is 1. The quantitative estimate of drug-likeness (QED) is 0.365. The highest BCUT2D eigenvalue weighted by atomic mass is 127. The van der Waals surface area contributed by atoms with Crippen molar-refractivity contribution in [3.05, 3.63) is 35.4 Å². The van der Waals surface area contributed by atoms with Crippen molar-refractivity contribution in [1.82, 2.24) is 20.0 Å². The first-order valence-corrected chi connectivity index (χ1v) is 11.4. The molecule has 0 radical (unpaired) electrons. The molecule has 1 saturated carbocycles. The first kappa shape index (κ1) is 23.3. The summed E-state index contributed by atoms with van der Waals surface area (Å²) in [5.41, 5.74) is 2.88. The van der Waals surface area contributed by atoms with E-state index in [0.29, 0.717) is 11.8 Å². The predicted octanol–water partition coefficient (Wildman–Crippen LogP) is 2.57. The van der Waals surface area contributed by atoms with Gasteiger partial charge < -0.3 is 15.1 Å². The molecule has 7 heteroatoms. The first-order valence-electron chi connectivity index (χ1n) is 11.4. The zero-order chi connectivity index (χ0) is 20.1. The van der Waals surface area contributed by atoms with Gasteiger partial charge in [-0.15, -0.1) is 24.0 Å². The zero-order valence-electron chi connectivity index (χ0n) is 18.2. The Morgan fingerprint density at radius 3 is 2.47 bits per heavy atom. The maximum atomic E-state index is 12.4. The van der Waals surface area contributed by atoms with Gasteiger partial charge in [-0.2, -0.15) is 0 Å². The van der Waals surface area contributed by atoms with Gasteiger partial charge in [0.1, 0.15) is 0 Å². The number of benzene rings is 1. The second kappa shape index (κ2) is 11.3. The lowest BCUT2D eigenvalue weighted by molar-refractivity contribution is -0.139. The predicted molar refractivity (Wildman–Crippen MR) is 132 cm³/mol. The normalized spacial score (nSPS) is 20.2. The minimum Gasteiger partial charge on any atom is -0.357 e. The van der Waals surface area contributed by atoms with E-state index in [1.165, 1.54) is 17.5 Å². The fraction of sp³-hybridized carbons (Fsp3) is 0.652. The molecule has 1 aromatic rings. The van der Waals surface area contributed by atoms with E-state index in [1.54, 1.807) is 0 Å². The molecule has 0 aromatic heterocycles. The van der Waals surface area contributed by atoms with Crippen molar-refractivity contribution in [3.63, 3.8) is 0 Å². The Balaban J connectivity index is 0.00000256. The molecule has 30 heavy (non-hydrogen) atoms. The molecule has 0 unspecified atom stereocenters. The van der Waals surface area contributed by atoms with Gasteiger partial charge in [0, 0.05) is 58.3 Å². The fourth-order valence-electron chi connectivity index (χ4n) is 4.50. The van der Waals surface area contributed by atoms with Crippen molar-refractivity contribution in [3.8, 4) is 0 Å². The molecule has 2 heterocycles. The van der Waals surface area contributed by atoms with Gasteiger partial charge in [0.15, 0.2) is 5.96 Å². The van der Waals surface area contributed by atoms with Crippen LogP contribution in [0.5, 0.6) is 0 Å². The third kappa shape index (κ3) is 5.66. The number of fused-ring (bicyclic) bond motifs is 1. The van der Waals surface area contributed by atoms with Crippen LogP contribution < -0.4 is 5.32 Å². The summed E-state index contributed by atoms with van der Waals surface area (Å²) in [6, 6.07) is 8.73. The SMILES string of the molecule is CCNC(=NCCN1CCN(C(=O)C2CCC2)CC1)N1CCc2ccccc2C1.I.